The molecule has 0 bridgehead atoms. The van der Waals surface area contributed by atoms with Crippen LogP contribution < -0.4 is 4.74 Å². The molecule has 0 saturated carbocycles. The average Bonchev–Trinajstić information content (AvgIpc) is 3.15. The number of ether oxygens (including phenoxy) is 2. The number of likely N-dealkylation sites (tertiary alicyclic amines) is 1. The molecule has 0 unspecified atom stereocenters. The molecule has 0 radical (unpaired) electrons. The molecule has 25 heavy (non-hydrogen) atoms. The fourth-order valence-electron chi connectivity index (χ4n) is 3.38. The molecule has 8 heteroatoms. The second-order valence-electron chi connectivity index (χ2n) is 6.46. The topological polar surface area (TPSA) is 84.9 Å². The lowest BCUT2D eigenvalue weighted by Gasteiger charge is -2.21. The molecular formula is C17H18N4O4. The van der Waals surface area contributed by atoms with Gasteiger partial charge in [-0.2, -0.15) is 0 Å². The van der Waals surface area contributed by atoms with Gasteiger partial charge in [-0.1, -0.05) is 12.1 Å². The molecule has 2 aliphatic rings. The van der Waals surface area contributed by atoms with Gasteiger partial charge in [0.05, 0.1) is 24.0 Å². The normalized spacial score (nSPS) is 22.7. The number of hydrogen-bond acceptors (Lipinski definition) is 6. The van der Waals surface area contributed by atoms with Gasteiger partial charge in [0, 0.05) is 20.0 Å². The number of aromatic nitrogens is 2. The number of para-hydroxylation sites is 1. The molecular weight excluding hydrogens is 324 g/mol. The molecule has 2 fully saturated rings. The minimum absolute atomic E-state index is 0.110. The van der Waals surface area contributed by atoms with Gasteiger partial charge in [0.25, 0.3) is 5.91 Å². The zero-order chi connectivity index (χ0) is 17.4. The van der Waals surface area contributed by atoms with Gasteiger partial charge in [-0.25, -0.2) is 14.8 Å². The lowest BCUT2D eigenvalue weighted by molar-refractivity contribution is -0.133. The number of hydrogen-bond donors (Lipinski definition) is 0. The van der Waals surface area contributed by atoms with Crippen LogP contribution in [0.4, 0.5) is 4.79 Å². The van der Waals surface area contributed by atoms with E-state index >= 15 is 0 Å². The van der Waals surface area contributed by atoms with Gasteiger partial charge in [-0.15, -0.1) is 0 Å². The third-order valence-electron chi connectivity index (χ3n) is 4.65. The summed E-state index contributed by atoms with van der Waals surface area (Å²) in [4.78, 5) is 35.6. The summed E-state index contributed by atoms with van der Waals surface area (Å²) in [5, 5.41) is 0.766. The molecule has 0 aliphatic carbocycles. The van der Waals surface area contributed by atoms with E-state index in [-0.39, 0.29) is 18.6 Å². The van der Waals surface area contributed by atoms with Crippen molar-refractivity contribution in [1.29, 1.82) is 0 Å². The highest BCUT2D eigenvalue weighted by atomic mass is 16.6. The van der Waals surface area contributed by atoms with E-state index in [4.69, 9.17) is 9.47 Å². The van der Waals surface area contributed by atoms with Gasteiger partial charge in [0.1, 0.15) is 6.33 Å². The zero-order valence-corrected chi connectivity index (χ0v) is 13.8. The summed E-state index contributed by atoms with van der Waals surface area (Å²) in [5.41, 5.74) is 0.185. The Morgan fingerprint density at radius 2 is 2.16 bits per heavy atom. The molecule has 0 N–H and O–H groups in total. The maximum atomic E-state index is 12.5. The van der Waals surface area contributed by atoms with E-state index in [0.717, 1.165) is 10.9 Å². The first kappa shape index (κ1) is 15.6. The van der Waals surface area contributed by atoms with Gasteiger partial charge in [-0.05, 0) is 12.1 Å². The van der Waals surface area contributed by atoms with Crippen LogP contribution >= 0.6 is 0 Å². The Balaban J connectivity index is 1.41. The molecule has 4 rings (SSSR count). The fraction of sp³-hybridized carbons (Fsp3) is 0.412. The standard InChI is InChI=1S/C17H18N4O4/c1-20-9-17(25-16(20)23)6-7-21(10-17)14(22)8-24-15-12-4-2-3-5-13(12)18-11-19-15/h2-5,11H,6-10H2,1H3/t17-/m1/s1. The second-order valence-corrected chi connectivity index (χ2v) is 6.46. The number of likely N-dealkylation sites (N-methyl/N-ethyl adjacent to an activating group) is 1. The van der Waals surface area contributed by atoms with Crippen molar-refractivity contribution in [2.24, 2.45) is 0 Å². The molecule has 1 aromatic carbocycles. The van der Waals surface area contributed by atoms with Crippen LogP contribution in [0.3, 0.4) is 0 Å². The summed E-state index contributed by atoms with van der Waals surface area (Å²) < 4.78 is 11.1. The third-order valence-corrected chi connectivity index (χ3v) is 4.65. The molecule has 1 atom stereocenters. The number of carbonyl (C=O) groups excluding carboxylic acids is 2. The van der Waals surface area contributed by atoms with Crippen molar-refractivity contribution in [2.75, 3.05) is 33.3 Å². The van der Waals surface area contributed by atoms with E-state index in [1.807, 2.05) is 24.3 Å². The predicted octanol–water partition coefficient (Wildman–Crippen LogP) is 1.06. The summed E-state index contributed by atoms with van der Waals surface area (Å²) in [5.74, 6) is 0.241. The number of amides is 2. The fourth-order valence-corrected chi connectivity index (χ4v) is 3.38. The minimum Gasteiger partial charge on any atom is -0.467 e. The van der Waals surface area contributed by atoms with Gasteiger partial charge < -0.3 is 19.3 Å². The Labute approximate surface area is 144 Å². The van der Waals surface area contributed by atoms with E-state index < -0.39 is 5.60 Å². The highest BCUT2D eigenvalue weighted by molar-refractivity contribution is 5.84. The number of benzene rings is 1. The summed E-state index contributed by atoms with van der Waals surface area (Å²) in [6, 6.07) is 7.47. The Morgan fingerprint density at radius 1 is 1.32 bits per heavy atom. The molecule has 8 nitrogen and oxygen atoms in total. The second kappa shape index (κ2) is 5.87. The molecule has 2 aromatic rings. The first-order chi connectivity index (χ1) is 12.1. The Bertz CT molecular complexity index is 837. The lowest BCUT2D eigenvalue weighted by atomic mass is 10.0. The molecule has 1 spiro atoms. The zero-order valence-electron chi connectivity index (χ0n) is 13.8. The summed E-state index contributed by atoms with van der Waals surface area (Å²) >= 11 is 0. The minimum atomic E-state index is -0.580. The van der Waals surface area contributed by atoms with Crippen LogP contribution in [0, 0.1) is 0 Å². The smallest absolute Gasteiger partial charge is 0.410 e. The van der Waals surface area contributed by atoms with Crippen LogP contribution in [0.15, 0.2) is 30.6 Å². The maximum absolute atomic E-state index is 12.5. The summed E-state index contributed by atoms with van der Waals surface area (Å²) in [7, 11) is 1.70. The Morgan fingerprint density at radius 3 is 2.96 bits per heavy atom. The van der Waals surface area contributed by atoms with Crippen LogP contribution in [-0.2, 0) is 9.53 Å². The highest BCUT2D eigenvalue weighted by Crippen LogP contribution is 2.31. The first-order valence-electron chi connectivity index (χ1n) is 8.11. The molecule has 3 heterocycles. The van der Waals surface area contributed by atoms with E-state index in [1.165, 1.54) is 11.2 Å². The summed E-state index contributed by atoms with van der Waals surface area (Å²) in [6.07, 6.45) is 1.73. The van der Waals surface area contributed by atoms with Crippen LogP contribution in [0.25, 0.3) is 10.9 Å². The number of fused-ring (bicyclic) bond motifs is 1. The van der Waals surface area contributed by atoms with E-state index in [9.17, 15) is 9.59 Å². The Kier molecular flexibility index (Phi) is 3.67. The molecule has 1 aromatic heterocycles. The van der Waals surface area contributed by atoms with Crippen molar-refractivity contribution in [3.05, 3.63) is 30.6 Å². The molecule has 2 amide bonds. The highest BCUT2D eigenvalue weighted by Gasteiger charge is 2.49. The van der Waals surface area contributed by atoms with Crippen LogP contribution in [-0.4, -0.2) is 70.7 Å². The van der Waals surface area contributed by atoms with Crippen LogP contribution in [0.2, 0.25) is 0 Å². The quantitative estimate of drug-likeness (QED) is 0.829. The number of rotatable bonds is 3. The van der Waals surface area contributed by atoms with E-state index in [1.54, 1.807) is 11.9 Å². The van der Waals surface area contributed by atoms with Gasteiger partial charge >= 0.3 is 6.09 Å². The molecule has 2 saturated heterocycles. The van der Waals surface area contributed by atoms with E-state index in [2.05, 4.69) is 9.97 Å². The van der Waals surface area contributed by atoms with Crippen molar-refractivity contribution < 1.29 is 19.1 Å². The maximum Gasteiger partial charge on any atom is 0.410 e. The largest absolute Gasteiger partial charge is 0.467 e. The van der Waals surface area contributed by atoms with E-state index in [0.29, 0.717) is 31.9 Å². The Hall–Kier alpha value is -2.90. The lowest BCUT2D eigenvalue weighted by Crippen LogP contribution is -2.40. The SMILES string of the molecule is CN1C[C@@]2(CCN(C(=O)COc3ncnc4ccccc34)C2)OC1=O. The number of nitrogens with zero attached hydrogens (tertiary/aromatic N) is 4. The molecule has 2 aliphatic heterocycles. The van der Waals surface area contributed by atoms with Crippen molar-refractivity contribution in [3.8, 4) is 5.88 Å². The van der Waals surface area contributed by atoms with Crippen molar-refractivity contribution in [3.63, 3.8) is 0 Å². The van der Waals surface area contributed by atoms with Crippen molar-refractivity contribution in [2.45, 2.75) is 12.0 Å². The van der Waals surface area contributed by atoms with Crippen LogP contribution in [0.5, 0.6) is 5.88 Å². The summed E-state index contributed by atoms with van der Waals surface area (Å²) in [6.45, 7) is 1.34. The van der Waals surface area contributed by atoms with Gasteiger partial charge in [-0.3, -0.25) is 4.79 Å². The predicted molar refractivity (Wildman–Crippen MR) is 88.1 cm³/mol. The number of carbonyl (C=O) groups is 2. The van der Waals surface area contributed by atoms with Gasteiger partial charge in [0.2, 0.25) is 5.88 Å². The average molecular weight is 342 g/mol. The van der Waals surface area contributed by atoms with Crippen molar-refractivity contribution >= 4 is 22.9 Å². The molecule has 130 valence electrons. The monoisotopic (exact) mass is 342 g/mol. The van der Waals surface area contributed by atoms with Crippen molar-refractivity contribution in [1.82, 2.24) is 19.8 Å². The van der Waals surface area contributed by atoms with Gasteiger partial charge in [0.15, 0.2) is 12.2 Å². The first-order valence-corrected chi connectivity index (χ1v) is 8.11. The third kappa shape index (κ3) is 2.84. The van der Waals surface area contributed by atoms with Crippen LogP contribution in [0.1, 0.15) is 6.42 Å².